The molecule has 0 bridgehead atoms. The van der Waals surface area contributed by atoms with Gasteiger partial charge in [0.2, 0.25) is 0 Å². The van der Waals surface area contributed by atoms with Crippen LogP contribution in [-0.2, 0) is 12.1 Å². The minimum Gasteiger partial charge on any atom is -0.376 e. The summed E-state index contributed by atoms with van der Waals surface area (Å²) >= 11 is 7.44. The fraction of sp³-hybridized carbons (Fsp3) is 0.267. The lowest BCUT2D eigenvalue weighted by Crippen LogP contribution is -2.33. The van der Waals surface area contributed by atoms with Crippen LogP contribution in [0.4, 0.5) is 0 Å². The molecule has 2 aromatic heterocycles. The van der Waals surface area contributed by atoms with Crippen molar-refractivity contribution in [1.29, 1.82) is 0 Å². The summed E-state index contributed by atoms with van der Waals surface area (Å²) in [5.74, 6) is 0. The molecule has 0 spiro atoms. The van der Waals surface area contributed by atoms with Crippen LogP contribution in [0.25, 0.3) is 0 Å². The van der Waals surface area contributed by atoms with Gasteiger partial charge in [-0.1, -0.05) is 23.7 Å². The Balaban J connectivity index is 2.10. The molecule has 1 aromatic carbocycles. The van der Waals surface area contributed by atoms with Crippen LogP contribution in [0.3, 0.4) is 0 Å². The second-order valence-corrected chi connectivity index (χ2v) is 6.76. The predicted octanol–water partition coefficient (Wildman–Crippen LogP) is 2.94. The van der Waals surface area contributed by atoms with E-state index < -0.39 is 5.60 Å². The van der Waals surface area contributed by atoms with Gasteiger partial charge in [0.25, 0.3) is 0 Å². The lowest BCUT2D eigenvalue weighted by molar-refractivity contribution is 0.0568. The average Bonchev–Trinajstić information content (AvgIpc) is 3.10. The van der Waals surface area contributed by atoms with Gasteiger partial charge < -0.3 is 5.11 Å². The number of hydrogen-bond acceptors (Lipinski definition) is 5. The molecular weight excluding hydrogens is 320 g/mol. The highest BCUT2D eigenvalue weighted by Gasteiger charge is 2.36. The van der Waals surface area contributed by atoms with E-state index in [1.807, 2.05) is 26.0 Å². The third kappa shape index (κ3) is 2.77. The summed E-state index contributed by atoms with van der Waals surface area (Å²) in [5.41, 5.74) is 0.370. The maximum atomic E-state index is 11.4. The van der Waals surface area contributed by atoms with E-state index in [0.717, 1.165) is 16.1 Å². The molecule has 1 N–H and O–H groups in total. The Kier molecular flexibility index (Phi) is 3.99. The van der Waals surface area contributed by atoms with Gasteiger partial charge in [-0.2, -0.15) is 5.10 Å². The average molecular weight is 335 g/mol. The largest absolute Gasteiger partial charge is 0.376 e. The van der Waals surface area contributed by atoms with E-state index >= 15 is 0 Å². The summed E-state index contributed by atoms with van der Waals surface area (Å²) in [6.07, 6.45) is 3.02. The zero-order valence-electron chi connectivity index (χ0n) is 12.2. The van der Waals surface area contributed by atoms with Gasteiger partial charge >= 0.3 is 0 Å². The van der Waals surface area contributed by atoms with Crippen molar-refractivity contribution in [1.82, 2.24) is 19.7 Å². The van der Waals surface area contributed by atoms with E-state index in [-0.39, 0.29) is 6.54 Å². The highest BCUT2D eigenvalue weighted by atomic mass is 35.5. The molecule has 1 unspecified atom stereocenters. The number of aryl methyl sites for hydroxylation is 2. The van der Waals surface area contributed by atoms with Crippen LogP contribution < -0.4 is 0 Å². The number of aromatic nitrogens is 4. The molecule has 5 nitrogen and oxygen atoms in total. The Morgan fingerprint density at radius 2 is 2.00 bits per heavy atom. The summed E-state index contributed by atoms with van der Waals surface area (Å²) in [5, 5.41) is 16.7. The van der Waals surface area contributed by atoms with Crippen molar-refractivity contribution in [3.05, 3.63) is 63.1 Å². The van der Waals surface area contributed by atoms with Crippen LogP contribution in [0, 0.1) is 13.8 Å². The van der Waals surface area contributed by atoms with Crippen LogP contribution >= 0.6 is 22.9 Å². The molecule has 0 saturated heterocycles. The molecular formula is C15H15ClN4OS. The first kappa shape index (κ1) is 15.1. The second-order valence-electron chi connectivity index (χ2n) is 5.12. The Hall–Kier alpha value is -1.76. The normalized spacial score (nSPS) is 14.0. The van der Waals surface area contributed by atoms with Gasteiger partial charge in [0.15, 0.2) is 5.60 Å². The zero-order chi connectivity index (χ0) is 15.7. The molecule has 0 saturated carbocycles. The van der Waals surface area contributed by atoms with E-state index in [2.05, 4.69) is 15.1 Å². The molecule has 0 fully saturated rings. The number of thiazole rings is 1. The Labute approximate surface area is 137 Å². The molecule has 0 aliphatic rings. The quantitative estimate of drug-likeness (QED) is 0.796. The molecule has 0 radical (unpaired) electrons. The van der Waals surface area contributed by atoms with Gasteiger partial charge in [-0.15, -0.1) is 11.3 Å². The van der Waals surface area contributed by atoms with Crippen LogP contribution in [0.1, 0.15) is 21.1 Å². The van der Waals surface area contributed by atoms with E-state index in [9.17, 15) is 5.11 Å². The SMILES string of the molecule is Cc1nc(C(O)(Cn2cncn2)c2ccc(Cl)cc2)sc1C. The van der Waals surface area contributed by atoms with Gasteiger partial charge in [0.1, 0.15) is 17.7 Å². The van der Waals surface area contributed by atoms with Crippen molar-refractivity contribution in [2.45, 2.75) is 26.0 Å². The number of benzene rings is 1. The maximum absolute atomic E-state index is 11.4. The van der Waals surface area contributed by atoms with E-state index in [1.54, 1.807) is 23.1 Å². The first-order chi connectivity index (χ1) is 10.5. The molecule has 7 heteroatoms. The Morgan fingerprint density at radius 1 is 1.27 bits per heavy atom. The van der Waals surface area contributed by atoms with Gasteiger partial charge in [0.05, 0.1) is 12.2 Å². The van der Waals surface area contributed by atoms with Gasteiger partial charge in [-0.3, -0.25) is 0 Å². The fourth-order valence-corrected chi connectivity index (χ4v) is 3.35. The van der Waals surface area contributed by atoms with Crippen molar-refractivity contribution in [3.8, 4) is 0 Å². The van der Waals surface area contributed by atoms with Crippen LogP contribution in [0.2, 0.25) is 5.02 Å². The van der Waals surface area contributed by atoms with Crippen molar-refractivity contribution in [2.24, 2.45) is 0 Å². The maximum Gasteiger partial charge on any atom is 0.160 e. The summed E-state index contributed by atoms with van der Waals surface area (Å²) in [6.45, 7) is 4.17. The Morgan fingerprint density at radius 3 is 2.55 bits per heavy atom. The number of halogens is 1. The van der Waals surface area contributed by atoms with Crippen LogP contribution in [-0.4, -0.2) is 24.9 Å². The highest BCUT2D eigenvalue weighted by Crippen LogP contribution is 2.35. The molecule has 2 heterocycles. The first-order valence-electron chi connectivity index (χ1n) is 6.74. The third-order valence-electron chi connectivity index (χ3n) is 3.56. The number of nitrogens with zero attached hydrogens (tertiary/aromatic N) is 4. The molecule has 0 aliphatic heterocycles. The number of rotatable bonds is 4. The predicted molar refractivity (Wildman–Crippen MR) is 86.1 cm³/mol. The zero-order valence-corrected chi connectivity index (χ0v) is 13.8. The van der Waals surface area contributed by atoms with Crippen molar-refractivity contribution >= 4 is 22.9 Å². The molecule has 114 valence electrons. The molecule has 3 aromatic rings. The third-order valence-corrected chi connectivity index (χ3v) is 5.04. The summed E-state index contributed by atoms with van der Waals surface area (Å²) < 4.78 is 1.60. The van der Waals surface area contributed by atoms with E-state index in [4.69, 9.17) is 11.6 Å². The lowest BCUT2D eigenvalue weighted by Gasteiger charge is -2.26. The van der Waals surface area contributed by atoms with Crippen LogP contribution in [0.15, 0.2) is 36.9 Å². The number of aliphatic hydroxyl groups is 1. The standard InChI is InChI=1S/C15H15ClN4OS/c1-10-11(2)22-14(19-10)15(21,7-20-9-17-8-18-20)12-3-5-13(16)6-4-12/h3-6,8-9,21H,7H2,1-2H3. The molecule has 3 rings (SSSR count). The second kappa shape index (κ2) is 5.79. The topological polar surface area (TPSA) is 63.8 Å². The van der Waals surface area contributed by atoms with Crippen LogP contribution in [0.5, 0.6) is 0 Å². The van der Waals surface area contributed by atoms with E-state index in [1.165, 1.54) is 17.7 Å². The fourth-order valence-electron chi connectivity index (χ4n) is 2.21. The van der Waals surface area contributed by atoms with Crippen molar-refractivity contribution < 1.29 is 5.11 Å². The first-order valence-corrected chi connectivity index (χ1v) is 7.94. The smallest absolute Gasteiger partial charge is 0.160 e. The van der Waals surface area contributed by atoms with E-state index in [0.29, 0.717) is 10.0 Å². The highest BCUT2D eigenvalue weighted by molar-refractivity contribution is 7.11. The summed E-state index contributed by atoms with van der Waals surface area (Å²) in [7, 11) is 0. The molecule has 0 aliphatic carbocycles. The minimum absolute atomic E-state index is 0.237. The van der Waals surface area contributed by atoms with Gasteiger partial charge in [0, 0.05) is 9.90 Å². The van der Waals surface area contributed by atoms with Gasteiger partial charge in [-0.05, 0) is 31.5 Å². The Bertz CT molecular complexity index is 750. The summed E-state index contributed by atoms with van der Waals surface area (Å²) in [6, 6.07) is 7.14. The molecule has 0 amide bonds. The van der Waals surface area contributed by atoms with Crippen molar-refractivity contribution in [3.63, 3.8) is 0 Å². The lowest BCUT2D eigenvalue weighted by atomic mass is 9.94. The minimum atomic E-state index is -1.28. The van der Waals surface area contributed by atoms with Gasteiger partial charge in [-0.25, -0.2) is 14.6 Å². The number of hydrogen-bond donors (Lipinski definition) is 1. The summed E-state index contributed by atoms with van der Waals surface area (Å²) in [4.78, 5) is 9.55. The molecule has 1 atom stereocenters. The van der Waals surface area contributed by atoms with Crippen molar-refractivity contribution in [2.75, 3.05) is 0 Å². The molecule has 22 heavy (non-hydrogen) atoms. The monoisotopic (exact) mass is 334 g/mol.